The molecule has 0 saturated carbocycles. The summed E-state index contributed by atoms with van der Waals surface area (Å²) in [4.78, 5) is 4.91. The van der Waals surface area contributed by atoms with Gasteiger partial charge >= 0.3 is 0 Å². The van der Waals surface area contributed by atoms with Crippen molar-refractivity contribution in [1.29, 1.82) is 0 Å². The van der Waals surface area contributed by atoms with Gasteiger partial charge in [0.05, 0.1) is 42.6 Å². The highest BCUT2D eigenvalue weighted by atomic mass is 35.5. The van der Waals surface area contributed by atoms with E-state index in [4.69, 9.17) is 32.7 Å². The summed E-state index contributed by atoms with van der Waals surface area (Å²) in [5, 5.41) is 1.21. The maximum absolute atomic E-state index is 6.22. The SMILES string of the molecule is Clc1ccc(C(N2CCOCC2)N2CCOCC2)cc1Cl. The average Bonchev–Trinajstić information content (AvgIpc) is 2.53. The number of benzene rings is 1. The summed E-state index contributed by atoms with van der Waals surface area (Å²) < 4.78 is 11.0. The Morgan fingerprint density at radius 2 is 1.33 bits per heavy atom. The number of halogens is 2. The molecule has 1 aromatic carbocycles. The van der Waals surface area contributed by atoms with E-state index in [1.165, 1.54) is 5.56 Å². The minimum Gasteiger partial charge on any atom is -0.379 e. The quantitative estimate of drug-likeness (QED) is 0.850. The lowest BCUT2D eigenvalue weighted by atomic mass is 10.1. The fourth-order valence-electron chi connectivity index (χ4n) is 2.97. The Morgan fingerprint density at radius 1 is 0.810 bits per heavy atom. The van der Waals surface area contributed by atoms with Crippen molar-refractivity contribution < 1.29 is 9.47 Å². The van der Waals surface area contributed by atoms with Gasteiger partial charge in [0.2, 0.25) is 0 Å². The molecule has 0 aliphatic carbocycles. The van der Waals surface area contributed by atoms with E-state index in [2.05, 4.69) is 15.9 Å². The average molecular weight is 331 g/mol. The first kappa shape index (κ1) is 15.5. The van der Waals surface area contributed by atoms with Crippen molar-refractivity contribution >= 4 is 23.2 Å². The van der Waals surface area contributed by atoms with Crippen LogP contribution in [0, 0.1) is 0 Å². The molecule has 0 unspecified atom stereocenters. The van der Waals surface area contributed by atoms with Crippen LogP contribution < -0.4 is 0 Å². The predicted octanol–water partition coefficient (Wildman–Crippen LogP) is 2.66. The highest BCUT2D eigenvalue weighted by Crippen LogP contribution is 2.31. The molecule has 2 fully saturated rings. The van der Waals surface area contributed by atoms with E-state index in [1.807, 2.05) is 12.1 Å². The molecule has 116 valence electrons. The second-order valence-corrected chi connectivity index (χ2v) is 6.16. The Kier molecular flexibility index (Phi) is 5.38. The fourth-order valence-corrected chi connectivity index (χ4v) is 3.28. The number of nitrogens with zero attached hydrogens (tertiary/aromatic N) is 2. The molecule has 4 nitrogen and oxygen atoms in total. The first-order valence-corrected chi connectivity index (χ1v) is 8.10. The van der Waals surface area contributed by atoms with Crippen LogP contribution >= 0.6 is 23.2 Å². The molecule has 21 heavy (non-hydrogen) atoms. The molecule has 2 heterocycles. The lowest BCUT2D eigenvalue weighted by Gasteiger charge is -2.43. The summed E-state index contributed by atoms with van der Waals surface area (Å²) in [5.41, 5.74) is 1.19. The van der Waals surface area contributed by atoms with E-state index in [0.29, 0.717) is 10.0 Å². The molecule has 2 aliphatic heterocycles. The zero-order valence-electron chi connectivity index (χ0n) is 11.9. The largest absolute Gasteiger partial charge is 0.379 e. The lowest BCUT2D eigenvalue weighted by Crippen LogP contribution is -2.50. The van der Waals surface area contributed by atoms with Gasteiger partial charge in [-0.05, 0) is 17.7 Å². The van der Waals surface area contributed by atoms with Crippen molar-refractivity contribution in [1.82, 2.24) is 9.80 Å². The van der Waals surface area contributed by atoms with Gasteiger partial charge in [-0.15, -0.1) is 0 Å². The van der Waals surface area contributed by atoms with E-state index < -0.39 is 0 Å². The van der Waals surface area contributed by atoms with E-state index in [1.54, 1.807) is 0 Å². The molecule has 0 spiro atoms. The van der Waals surface area contributed by atoms with Gasteiger partial charge < -0.3 is 9.47 Å². The number of rotatable bonds is 3. The van der Waals surface area contributed by atoms with Crippen LogP contribution in [-0.2, 0) is 9.47 Å². The molecule has 1 aromatic rings. The van der Waals surface area contributed by atoms with E-state index in [-0.39, 0.29) is 6.17 Å². The molecular formula is C15H20Cl2N2O2. The molecule has 0 radical (unpaired) electrons. The van der Waals surface area contributed by atoms with Gasteiger partial charge in [-0.1, -0.05) is 29.3 Å². The van der Waals surface area contributed by atoms with Crippen molar-refractivity contribution in [3.63, 3.8) is 0 Å². The fraction of sp³-hybridized carbons (Fsp3) is 0.600. The van der Waals surface area contributed by atoms with Crippen molar-refractivity contribution in [2.24, 2.45) is 0 Å². The van der Waals surface area contributed by atoms with E-state index in [9.17, 15) is 0 Å². The Labute approximate surface area is 135 Å². The third-order valence-corrected chi connectivity index (χ3v) is 4.76. The zero-order chi connectivity index (χ0) is 14.7. The molecule has 0 amide bonds. The van der Waals surface area contributed by atoms with Gasteiger partial charge in [-0.25, -0.2) is 0 Å². The van der Waals surface area contributed by atoms with Gasteiger partial charge in [-0.3, -0.25) is 9.80 Å². The second-order valence-electron chi connectivity index (χ2n) is 5.34. The second kappa shape index (κ2) is 7.27. The molecule has 0 atom stereocenters. The summed E-state index contributed by atoms with van der Waals surface area (Å²) >= 11 is 12.3. The van der Waals surface area contributed by atoms with Crippen LogP contribution in [0.5, 0.6) is 0 Å². The summed E-state index contributed by atoms with van der Waals surface area (Å²) in [6.45, 7) is 6.85. The Hall–Kier alpha value is -0.360. The van der Waals surface area contributed by atoms with Gasteiger partial charge in [-0.2, -0.15) is 0 Å². The van der Waals surface area contributed by atoms with Crippen LogP contribution in [0.4, 0.5) is 0 Å². The van der Waals surface area contributed by atoms with Crippen molar-refractivity contribution in [3.8, 4) is 0 Å². The number of hydrogen-bond acceptors (Lipinski definition) is 4. The van der Waals surface area contributed by atoms with Crippen LogP contribution in [0.25, 0.3) is 0 Å². The molecule has 2 saturated heterocycles. The number of hydrogen-bond donors (Lipinski definition) is 0. The van der Waals surface area contributed by atoms with Crippen molar-refractivity contribution in [2.75, 3.05) is 52.6 Å². The number of morpholine rings is 2. The minimum atomic E-state index is 0.215. The predicted molar refractivity (Wildman–Crippen MR) is 84.0 cm³/mol. The molecule has 0 N–H and O–H groups in total. The van der Waals surface area contributed by atoms with Gasteiger partial charge in [0, 0.05) is 26.2 Å². The molecule has 2 aliphatic rings. The maximum atomic E-state index is 6.22. The van der Waals surface area contributed by atoms with Gasteiger partial charge in [0.1, 0.15) is 0 Å². The third kappa shape index (κ3) is 3.70. The highest BCUT2D eigenvalue weighted by molar-refractivity contribution is 6.42. The van der Waals surface area contributed by atoms with Gasteiger partial charge in [0.15, 0.2) is 0 Å². The summed E-state index contributed by atoms with van der Waals surface area (Å²) in [5.74, 6) is 0. The smallest absolute Gasteiger partial charge is 0.0889 e. The van der Waals surface area contributed by atoms with Gasteiger partial charge in [0.25, 0.3) is 0 Å². The van der Waals surface area contributed by atoms with E-state index in [0.717, 1.165) is 52.6 Å². The molecule has 0 aromatic heterocycles. The maximum Gasteiger partial charge on any atom is 0.0889 e. The lowest BCUT2D eigenvalue weighted by molar-refractivity contribution is -0.0676. The monoisotopic (exact) mass is 330 g/mol. The van der Waals surface area contributed by atoms with Crippen LogP contribution in [-0.4, -0.2) is 62.4 Å². The third-order valence-electron chi connectivity index (χ3n) is 4.02. The van der Waals surface area contributed by atoms with Crippen LogP contribution in [0.2, 0.25) is 10.0 Å². The Balaban J connectivity index is 1.87. The topological polar surface area (TPSA) is 24.9 Å². The molecular weight excluding hydrogens is 311 g/mol. The minimum absolute atomic E-state index is 0.215. The van der Waals surface area contributed by atoms with Crippen LogP contribution in [0.1, 0.15) is 11.7 Å². The summed E-state index contributed by atoms with van der Waals surface area (Å²) in [6.07, 6.45) is 0.215. The van der Waals surface area contributed by atoms with Crippen LogP contribution in [0.15, 0.2) is 18.2 Å². The summed E-state index contributed by atoms with van der Waals surface area (Å²) in [7, 11) is 0. The van der Waals surface area contributed by atoms with Crippen molar-refractivity contribution in [2.45, 2.75) is 6.17 Å². The zero-order valence-corrected chi connectivity index (χ0v) is 13.4. The highest BCUT2D eigenvalue weighted by Gasteiger charge is 2.29. The molecule has 0 bridgehead atoms. The Bertz CT molecular complexity index is 457. The van der Waals surface area contributed by atoms with Crippen LogP contribution in [0.3, 0.4) is 0 Å². The summed E-state index contributed by atoms with van der Waals surface area (Å²) in [6, 6.07) is 5.94. The number of ether oxygens (including phenoxy) is 2. The molecule has 6 heteroatoms. The first-order valence-electron chi connectivity index (χ1n) is 7.34. The first-order chi connectivity index (χ1) is 10.3. The standard InChI is InChI=1S/C15H20Cl2N2O2/c16-13-2-1-12(11-14(13)17)15(18-3-7-20-8-4-18)19-5-9-21-10-6-19/h1-2,11,15H,3-10H2. The normalized spacial score (nSPS) is 21.9. The Morgan fingerprint density at radius 3 is 1.81 bits per heavy atom. The van der Waals surface area contributed by atoms with E-state index >= 15 is 0 Å². The molecule has 3 rings (SSSR count). The van der Waals surface area contributed by atoms with Crippen molar-refractivity contribution in [3.05, 3.63) is 33.8 Å².